The van der Waals surface area contributed by atoms with E-state index in [4.69, 9.17) is 15.6 Å². The minimum atomic E-state index is -0.838. The third-order valence-corrected chi connectivity index (χ3v) is 2.57. The Hall–Kier alpha value is -1.55. The van der Waals surface area contributed by atoms with E-state index in [2.05, 4.69) is 25.1 Å². The van der Waals surface area contributed by atoms with E-state index in [1.165, 1.54) is 17.5 Å². The third-order valence-electron chi connectivity index (χ3n) is 2.57. The summed E-state index contributed by atoms with van der Waals surface area (Å²) in [4.78, 5) is 9.73. The van der Waals surface area contributed by atoms with Crippen molar-refractivity contribution in [1.82, 2.24) is 0 Å². The molecule has 0 fully saturated rings. The monoisotopic (exact) mass is 281 g/mol. The van der Waals surface area contributed by atoms with E-state index >= 15 is 0 Å². The molecule has 4 nitrogen and oxygen atoms in total. The third kappa shape index (κ3) is 7.79. The normalized spacial score (nSPS) is 13.4. The van der Waals surface area contributed by atoms with E-state index in [-0.39, 0.29) is 12.5 Å². The second-order valence-electron chi connectivity index (χ2n) is 4.64. The maximum absolute atomic E-state index is 9.73. The van der Waals surface area contributed by atoms with Crippen LogP contribution in [0.1, 0.15) is 44.7 Å². The van der Waals surface area contributed by atoms with Crippen LogP contribution in [0.4, 0.5) is 0 Å². The molecule has 3 N–H and O–H groups in total. The fourth-order valence-electron chi connectivity index (χ4n) is 1.72. The summed E-state index contributed by atoms with van der Waals surface area (Å²) in [5.74, 6) is 0.256. The molecule has 0 amide bonds. The van der Waals surface area contributed by atoms with Gasteiger partial charge in [-0.3, -0.25) is 4.79 Å². The summed E-state index contributed by atoms with van der Waals surface area (Å²) < 4.78 is 5.50. The molecule has 0 radical (unpaired) electrons. The van der Waals surface area contributed by atoms with E-state index < -0.39 is 5.97 Å². The fraction of sp³-hybridized carbons (Fsp3) is 0.562. The number of carboxylic acid groups (broad SMARTS) is 1. The van der Waals surface area contributed by atoms with Crippen molar-refractivity contribution in [3.8, 4) is 5.75 Å². The zero-order chi connectivity index (χ0) is 15.5. The van der Waals surface area contributed by atoms with Crippen LogP contribution in [0.25, 0.3) is 0 Å². The summed E-state index contributed by atoms with van der Waals surface area (Å²) in [5, 5.41) is 8.00. The summed E-state index contributed by atoms with van der Waals surface area (Å²) in [6.07, 6.45) is 2.39. The highest BCUT2D eigenvalue weighted by Gasteiger charge is 2.08. The number of hydrogen-bond acceptors (Lipinski definition) is 3. The smallest absolute Gasteiger partial charge is 0.304 e. The lowest BCUT2D eigenvalue weighted by atomic mass is 10.0. The Balaban J connectivity index is 0.000000352. The number of ether oxygens (including phenoxy) is 1. The van der Waals surface area contributed by atoms with Gasteiger partial charge < -0.3 is 15.6 Å². The number of aryl methyl sites for hydroxylation is 2. The lowest BCUT2D eigenvalue weighted by molar-refractivity contribution is -0.137. The second kappa shape index (κ2) is 10.3. The van der Waals surface area contributed by atoms with Gasteiger partial charge in [0.1, 0.15) is 5.75 Å². The van der Waals surface area contributed by atoms with Gasteiger partial charge in [0.25, 0.3) is 0 Å². The first-order valence-corrected chi connectivity index (χ1v) is 7.18. The molecule has 1 unspecified atom stereocenters. The molecule has 0 spiro atoms. The molecule has 2 rings (SSSR count). The van der Waals surface area contributed by atoms with Crippen LogP contribution < -0.4 is 10.5 Å². The van der Waals surface area contributed by atoms with Crippen molar-refractivity contribution in [2.75, 3.05) is 6.61 Å². The molecule has 1 aromatic carbocycles. The number of fused-ring (bicyclic) bond motifs is 1. The van der Waals surface area contributed by atoms with Crippen LogP contribution in [-0.2, 0) is 11.2 Å². The standard InChI is InChI=1S/C10H12O.C4H9NO2.C2H6/c1-8-4-5-9-3-2-6-11-10(9)7-8;1-3(5)2-4(6)7;1-2/h4-5,7H,2-3,6H2,1H3;3H,2,5H2,1H3,(H,6,7);1-2H3. The molecular weight excluding hydrogens is 254 g/mol. The summed E-state index contributed by atoms with van der Waals surface area (Å²) >= 11 is 0. The largest absolute Gasteiger partial charge is 0.493 e. The van der Waals surface area contributed by atoms with Crippen LogP contribution in [0.15, 0.2) is 18.2 Å². The van der Waals surface area contributed by atoms with Gasteiger partial charge in [-0.15, -0.1) is 0 Å². The molecule has 1 atom stereocenters. The van der Waals surface area contributed by atoms with Gasteiger partial charge in [-0.25, -0.2) is 0 Å². The Morgan fingerprint density at radius 1 is 1.45 bits per heavy atom. The lowest BCUT2D eigenvalue weighted by Gasteiger charge is -2.16. The van der Waals surface area contributed by atoms with Crippen LogP contribution in [0.2, 0.25) is 0 Å². The highest BCUT2D eigenvalue weighted by molar-refractivity contribution is 5.67. The van der Waals surface area contributed by atoms with Crippen LogP contribution in [0.5, 0.6) is 5.75 Å². The van der Waals surface area contributed by atoms with Gasteiger partial charge in [-0.1, -0.05) is 26.0 Å². The summed E-state index contributed by atoms with van der Waals surface area (Å²) in [6, 6.07) is 6.21. The maximum Gasteiger partial charge on any atom is 0.304 e. The first-order valence-electron chi connectivity index (χ1n) is 7.18. The number of benzene rings is 1. The van der Waals surface area contributed by atoms with Crippen LogP contribution in [-0.4, -0.2) is 23.7 Å². The molecule has 4 heteroatoms. The molecule has 0 aliphatic carbocycles. The summed E-state index contributed by atoms with van der Waals surface area (Å²) in [5.41, 5.74) is 7.76. The molecule has 1 aliphatic heterocycles. The van der Waals surface area contributed by atoms with Gasteiger partial charge in [0, 0.05) is 6.04 Å². The van der Waals surface area contributed by atoms with Crippen LogP contribution in [0.3, 0.4) is 0 Å². The number of nitrogens with two attached hydrogens (primary N) is 1. The van der Waals surface area contributed by atoms with Gasteiger partial charge in [-0.2, -0.15) is 0 Å². The van der Waals surface area contributed by atoms with Crippen LogP contribution >= 0.6 is 0 Å². The molecule has 0 bridgehead atoms. The van der Waals surface area contributed by atoms with Crippen molar-refractivity contribution in [2.24, 2.45) is 5.73 Å². The molecule has 114 valence electrons. The van der Waals surface area contributed by atoms with Crippen molar-refractivity contribution < 1.29 is 14.6 Å². The summed E-state index contributed by atoms with van der Waals surface area (Å²) in [7, 11) is 0. The first kappa shape index (κ1) is 18.4. The predicted molar refractivity (Wildman–Crippen MR) is 82.2 cm³/mol. The number of carbonyl (C=O) groups is 1. The van der Waals surface area contributed by atoms with Gasteiger partial charge in [0.15, 0.2) is 0 Å². The van der Waals surface area contributed by atoms with Gasteiger partial charge >= 0.3 is 5.97 Å². The number of hydrogen-bond donors (Lipinski definition) is 2. The van der Waals surface area contributed by atoms with Gasteiger partial charge in [0.05, 0.1) is 13.0 Å². The first-order chi connectivity index (χ1) is 9.49. The molecule has 1 aromatic rings. The summed E-state index contributed by atoms with van der Waals surface area (Å²) in [6.45, 7) is 8.64. The maximum atomic E-state index is 9.73. The lowest BCUT2D eigenvalue weighted by Crippen LogP contribution is -2.18. The molecule has 1 aliphatic rings. The molecule has 20 heavy (non-hydrogen) atoms. The quantitative estimate of drug-likeness (QED) is 0.873. The van der Waals surface area contributed by atoms with E-state index in [1.807, 2.05) is 13.8 Å². The minimum absolute atomic E-state index is 0.0556. The van der Waals surface area contributed by atoms with Crippen molar-refractivity contribution in [3.05, 3.63) is 29.3 Å². The van der Waals surface area contributed by atoms with Crippen molar-refractivity contribution in [2.45, 2.75) is 53.0 Å². The van der Waals surface area contributed by atoms with E-state index in [1.54, 1.807) is 6.92 Å². The Labute approximate surface area is 121 Å². The highest BCUT2D eigenvalue weighted by Crippen LogP contribution is 2.25. The topological polar surface area (TPSA) is 72.6 Å². The van der Waals surface area contributed by atoms with Crippen LogP contribution in [0, 0.1) is 6.92 Å². The van der Waals surface area contributed by atoms with E-state index in [9.17, 15) is 4.79 Å². The zero-order valence-electron chi connectivity index (χ0n) is 13.0. The number of carboxylic acids is 1. The molecule has 0 saturated carbocycles. The van der Waals surface area contributed by atoms with Gasteiger partial charge in [0.2, 0.25) is 0 Å². The second-order valence-corrected chi connectivity index (χ2v) is 4.64. The highest BCUT2D eigenvalue weighted by atomic mass is 16.5. The Morgan fingerprint density at radius 2 is 2.10 bits per heavy atom. The Bertz CT molecular complexity index is 403. The minimum Gasteiger partial charge on any atom is -0.493 e. The Kier molecular flexibility index (Phi) is 9.47. The van der Waals surface area contributed by atoms with Gasteiger partial charge in [-0.05, 0) is 43.9 Å². The molecule has 0 aromatic heterocycles. The van der Waals surface area contributed by atoms with Crippen molar-refractivity contribution >= 4 is 5.97 Å². The molecule has 1 heterocycles. The van der Waals surface area contributed by atoms with Crippen molar-refractivity contribution in [1.29, 1.82) is 0 Å². The Morgan fingerprint density at radius 3 is 2.60 bits per heavy atom. The zero-order valence-corrected chi connectivity index (χ0v) is 13.0. The number of aliphatic carboxylic acids is 1. The molecular formula is C16H27NO3. The SMILES string of the molecule is CC.CC(N)CC(=O)O.Cc1ccc2c(c1)OCCC2. The average Bonchev–Trinajstić information content (AvgIpc) is 2.40. The predicted octanol–water partition coefficient (Wildman–Crippen LogP) is 3.15. The number of rotatable bonds is 2. The average molecular weight is 281 g/mol. The molecule has 0 saturated heterocycles. The fourth-order valence-corrected chi connectivity index (χ4v) is 1.72. The van der Waals surface area contributed by atoms with Crippen molar-refractivity contribution in [3.63, 3.8) is 0 Å². The van der Waals surface area contributed by atoms with E-state index in [0.717, 1.165) is 18.8 Å². The van der Waals surface area contributed by atoms with E-state index in [0.29, 0.717) is 0 Å².